The molecular formula is C21H27F3N4O. The van der Waals surface area contributed by atoms with E-state index in [1.54, 1.807) is 13.1 Å². The van der Waals surface area contributed by atoms with E-state index in [4.69, 9.17) is 4.74 Å². The maximum atomic E-state index is 13.2. The van der Waals surface area contributed by atoms with Crippen molar-refractivity contribution >= 4 is 5.96 Å². The molecule has 2 heterocycles. The number of aromatic nitrogens is 1. The number of guanidine groups is 1. The zero-order valence-electron chi connectivity index (χ0n) is 16.5. The normalized spacial score (nSPS) is 17.2. The highest BCUT2D eigenvalue weighted by molar-refractivity contribution is 5.79. The first kappa shape index (κ1) is 21.2. The lowest BCUT2D eigenvalue weighted by atomic mass is 9.73. The molecule has 1 fully saturated rings. The molecule has 1 aromatic heterocycles. The second-order valence-corrected chi connectivity index (χ2v) is 7.24. The van der Waals surface area contributed by atoms with E-state index >= 15 is 0 Å². The van der Waals surface area contributed by atoms with Gasteiger partial charge in [-0.2, -0.15) is 13.2 Å². The zero-order chi connectivity index (χ0) is 20.7. The van der Waals surface area contributed by atoms with E-state index in [1.807, 2.05) is 24.5 Å². The van der Waals surface area contributed by atoms with Gasteiger partial charge in [0, 0.05) is 57.7 Å². The quantitative estimate of drug-likeness (QED) is 0.569. The number of hydrogen-bond donors (Lipinski definition) is 2. The predicted molar refractivity (Wildman–Crippen MR) is 107 cm³/mol. The van der Waals surface area contributed by atoms with E-state index in [0.29, 0.717) is 50.7 Å². The number of aliphatic imine (C=N–C) groups is 1. The van der Waals surface area contributed by atoms with Crippen LogP contribution < -0.4 is 10.6 Å². The molecule has 0 saturated carbocycles. The SMILES string of the molecule is CN=C(NCCn1cccc1)NCC1(c2cccc(C(F)(F)F)c2)CCOCC1. The Morgan fingerprint density at radius 3 is 2.52 bits per heavy atom. The maximum Gasteiger partial charge on any atom is 0.416 e. The van der Waals surface area contributed by atoms with Gasteiger partial charge in [-0.15, -0.1) is 0 Å². The monoisotopic (exact) mass is 408 g/mol. The van der Waals surface area contributed by atoms with Crippen LogP contribution in [0.4, 0.5) is 13.2 Å². The molecule has 2 N–H and O–H groups in total. The topological polar surface area (TPSA) is 50.6 Å². The molecule has 5 nitrogen and oxygen atoms in total. The van der Waals surface area contributed by atoms with E-state index in [1.165, 1.54) is 12.1 Å². The average Bonchev–Trinajstić information content (AvgIpc) is 3.24. The maximum absolute atomic E-state index is 13.2. The summed E-state index contributed by atoms with van der Waals surface area (Å²) in [7, 11) is 1.69. The molecule has 0 amide bonds. The van der Waals surface area contributed by atoms with Crippen molar-refractivity contribution < 1.29 is 17.9 Å². The number of hydrogen-bond acceptors (Lipinski definition) is 2. The third kappa shape index (κ3) is 5.53. The highest BCUT2D eigenvalue weighted by Gasteiger charge is 2.37. The van der Waals surface area contributed by atoms with Gasteiger partial charge in [0.1, 0.15) is 0 Å². The summed E-state index contributed by atoms with van der Waals surface area (Å²) in [6.45, 7) is 3.02. The molecule has 0 atom stereocenters. The van der Waals surface area contributed by atoms with Crippen molar-refractivity contribution in [1.82, 2.24) is 15.2 Å². The summed E-state index contributed by atoms with van der Waals surface area (Å²) >= 11 is 0. The molecule has 29 heavy (non-hydrogen) atoms. The number of rotatable bonds is 6. The molecule has 0 unspecified atom stereocenters. The van der Waals surface area contributed by atoms with E-state index < -0.39 is 17.2 Å². The van der Waals surface area contributed by atoms with Crippen LogP contribution in [0.5, 0.6) is 0 Å². The number of benzene rings is 1. The average molecular weight is 408 g/mol. The van der Waals surface area contributed by atoms with Gasteiger partial charge >= 0.3 is 6.18 Å². The molecule has 1 aliphatic rings. The molecule has 2 aromatic rings. The predicted octanol–water partition coefficient (Wildman–Crippen LogP) is 3.42. The third-order valence-corrected chi connectivity index (χ3v) is 5.40. The lowest BCUT2D eigenvalue weighted by Crippen LogP contribution is -2.48. The minimum atomic E-state index is -4.36. The second kappa shape index (κ2) is 9.35. The van der Waals surface area contributed by atoms with Gasteiger partial charge in [0.05, 0.1) is 5.56 Å². The Morgan fingerprint density at radius 1 is 1.14 bits per heavy atom. The van der Waals surface area contributed by atoms with Gasteiger partial charge in [0.25, 0.3) is 0 Å². The highest BCUT2D eigenvalue weighted by Crippen LogP contribution is 2.37. The smallest absolute Gasteiger partial charge is 0.381 e. The van der Waals surface area contributed by atoms with Gasteiger partial charge in [-0.25, -0.2) is 0 Å². The first-order valence-corrected chi connectivity index (χ1v) is 9.74. The van der Waals surface area contributed by atoms with Crippen molar-refractivity contribution in [3.63, 3.8) is 0 Å². The van der Waals surface area contributed by atoms with Crippen LogP contribution in [0.1, 0.15) is 24.0 Å². The minimum Gasteiger partial charge on any atom is -0.381 e. The Kier molecular flexibility index (Phi) is 6.84. The second-order valence-electron chi connectivity index (χ2n) is 7.24. The first-order chi connectivity index (χ1) is 13.9. The molecule has 1 aliphatic heterocycles. The Hall–Kier alpha value is -2.48. The Morgan fingerprint density at radius 2 is 1.86 bits per heavy atom. The van der Waals surface area contributed by atoms with Crippen molar-refractivity contribution in [2.45, 2.75) is 31.0 Å². The van der Waals surface area contributed by atoms with E-state index in [2.05, 4.69) is 20.2 Å². The van der Waals surface area contributed by atoms with Gasteiger partial charge in [-0.05, 0) is 36.6 Å². The molecule has 0 radical (unpaired) electrons. The fourth-order valence-corrected chi connectivity index (χ4v) is 3.65. The molecule has 1 saturated heterocycles. The van der Waals surface area contributed by atoms with Crippen LogP contribution in [0.3, 0.4) is 0 Å². The first-order valence-electron chi connectivity index (χ1n) is 9.74. The molecule has 0 spiro atoms. The standard InChI is InChI=1S/C21H27F3N4O/c1-25-19(26-9-12-28-10-2-3-11-28)27-16-20(7-13-29-14-8-20)17-5-4-6-18(15-17)21(22,23)24/h2-6,10-11,15H,7-9,12-14,16H2,1H3,(H2,25,26,27). The number of halogens is 3. The summed E-state index contributed by atoms with van der Waals surface area (Å²) in [5, 5.41) is 6.57. The lowest BCUT2D eigenvalue weighted by molar-refractivity contribution is -0.137. The Bertz CT molecular complexity index is 797. The summed E-state index contributed by atoms with van der Waals surface area (Å²) in [6.07, 6.45) is 0.931. The van der Waals surface area contributed by atoms with E-state index in [0.717, 1.165) is 12.6 Å². The molecular weight excluding hydrogens is 381 g/mol. The Labute approximate surface area is 169 Å². The van der Waals surface area contributed by atoms with Crippen LogP contribution in [0, 0.1) is 0 Å². The highest BCUT2D eigenvalue weighted by atomic mass is 19.4. The van der Waals surface area contributed by atoms with Crippen LogP contribution in [0.15, 0.2) is 53.8 Å². The van der Waals surface area contributed by atoms with Crippen molar-refractivity contribution in [3.05, 3.63) is 59.9 Å². The van der Waals surface area contributed by atoms with Crippen LogP contribution in [0.2, 0.25) is 0 Å². The van der Waals surface area contributed by atoms with Crippen LogP contribution in [-0.2, 0) is 22.9 Å². The Balaban J connectivity index is 1.68. The zero-order valence-corrected chi connectivity index (χ0v) is 16.5. The molecule has 158 valence electrons. The summed E-state index contributed by atoms with van der Waals surface area (Å²) in [4.78, 5) is 4.25. The third-order valence-electron chi connectivity index (χ3n) is 5.40. The lowest BCUT2D eigenvalue weighted by Gasteiger charge is -2.38. The van der Waals surface area contributed by atoms with E-state index in [-0.39, 0.29) is 0 Å². The van der Waals surface area contributed by atoms with Gasteiger partial charge in [0.2, 0.25) is 0 Å². The summed E-state index contributed by atoms with van der Waals surface area (Å²) in [5.41, 5.74) is -0.363. The summed E-state index contributed by atoms with van der Waals surface area (Å²) in [5.74, 6) is 0.634. The van der Waals surface area contributed by atoms with E-state index in [9.17, 15) is 13.2 Å². The molecule has 1 aromatic carbocycles. The fourth-order valence-electron chi connectivity index (χ4n) is 3.65. The molecule has 8 heteroatoms. The van der Waals surface area contributed by atoms with Gasteiger partial charge in [-0.3, -0.25) is 4.99 Å². The number of nitrogens with zero attached hydrogens (tertiary/aromatic N) is 2. The van der Waals surface area contributed by atoms with Crippen LogP contribution >= 0.6 is 0 Å². The van der Waals surface area contributed by atoms with Crippen molar-refractivity contribution in [2.24, 2.45) is 4.99 Å². The van der Waals surface area contributed by atoms with Crippen LogP contribution in [-0.4, -0.2) is 43.9 Å². The van der Waals surface area contributed by atoms with Crippen molar-refractivity contribution in [2.75, 3.05) is 33.4 Å². The summed E-state index contributed by atoms with van der Waals surface area (Å²) < 4.78 is 47.2. The number of nitrogens with one attached hydrogen (secondary N) is 2. The fraction of sp³-hybridized carbons (Fsp3) is 0.476. The largest absolute Gasteiger partial charge is 0.416 e. The summed E-state index contributed by atoms with van der Waals surface area (Å²) in [6, 6.07) is 9.60. The van der Waals surface area contributed by atoms with Crippen molar-refractivity contribution in [1.29, 1.82) is 0 Å². The molecule has 3 rings (SSSR count). The number of alkyl halides is 3. The number of ether oxygens (including phenoxy) is 1. The van der Waals surface area contributed by atoms with Crippen LogP contribution in [0.25, 0.3) is 0 Å². The van der Waals surface area contributed by atoms with Crippen molar-refractivity contribution in [3.8, 4) is 0 Å². The van der Waals surface area contributed by atoms with Gasteiger partial charge < -0.3 is 19.9 Å². The van der Waals surface area contributed by atoms with Gasteiger partial charge in [-0.1, -0.05) is 18.2 Å². The molecule has 0 bridgehead atoms. The minimum absolute atomic E-state index is 0.433. The van der Waals surface area contributed by atoms with Gasteiger partial charge in [0.15, 0.2) is 5.96 Å². The molecule has 0 aliphatic carbocycles.